The second-order valence-corrected chi connectivity index (χ2v) is 7.23. The average molecular weight is 462 g/mol. The molecule has 8 nitrogen and oxygen atoms in total. The quantitative estimate of drug-likeness (QED) is 0.281. The van der Waals surface area contributed by atoms with Crippen LogP contribution in [-0.2, 0) is 14.3 Å². The maximum Gasteiger partial charge on any atom is 0.331 e. The van der Waals surface area contributed by atoms with Gasteiger partial charge >= 0.3 is 5.97 Å². The van der Waals surface area contributed by atoms with E-state index in [1.54, 1.807) is 37.1 Å². The standard InChI is InChI=1S/C26H27N3O5/c1-5-15-27-26(31)18(2)34-24(30)14-12-20-17-29(21-9-7-6-8-10-21)28-25(20)19-11-13-22(32-3)23(16-19)33-4/h5-14,16-18H,1,15H2,2-4H3,(H,27,31)/b14-12+. The highest BCUT2D eigenvalue weighted by molar-refractivity contribution is 5.91. The number of rotatable bonds is 10. The van der Waals surface area contributed by atoms with Crippen LogP contribution in [0.5, 0.6) is 11.5 Å². The van der Waals surface area contributed by atoms with Gasteiger partial charge in [0.1, 0.15) is 5.69 Å². The van der Waals surface area contributed by atoms with Crippen molar-refractivity contribution in [2.75, 3.05) is 20.8 Å². The van der Waals surface area contributed by atoms with Gasteiger partial charge in [-0.2, -0.15) is 5.10 Å². The molecule has 34 heavy (non-hydrogen) atoms. The first-order chi connectivity index (χ1) is 16.5. The molecule has 0 aliphatic carbocycles. The zero-order chi connectivity index (χ0) is 24.5. The molecular weight excluding hydrogens is 434 g/mol. The van der Waals surface area contributed by atoms with E-state index < -0.39 is 18.0 Å². The van der Waals surface area contributed by atoms with Crippen molar-refractivity contribution in [3.63, 3.8) is 0 Å². The fourth-order valence-electron chi connectivity index (χ4n) is 3.17. The topological polar surface area (TPSA) is 91.7 Å². The van der Waals surface area contributed by atoms with Crippen LogP contribution in [0.3, 0.4) is 0 Å². The van der Waals surface area contributed by atoms with Gasteiger partial charge in [0.05, 0.1) is 19.9 Å². The second kappa shape index (κ2) is 11.5. The minimum Gasteiger partial charge on any atom is -0.493 e. The number of esters is 1. The third-order valence-electron chi connectivity index (χ3n) is 4.90. The number of benzene rings is 2. The minimum absolute atomic E-state index is 0.296. The summed E-state index contributed by atoms with van der Waals surface area (Å²) < 4.78 is 17.7. The zero-order valence-electron chi connectivity index (χ0n) is 19.4. The van der Waals surface area contributed by atoms with E-state index in [-0.39, 0.29) is 0 Å². The molecule has 1 unspecified atom stereocenters. The molecule has 0 fully saturated rings. The molecule has 8 heteroatoms. The van der Waals surface area contributed by atoms with Crippen LogP contribution in [-0.4, -0.2) is 48.5 Å². The van der Waals surface area contributed by atoms with Crippen molar-refractivity contribution in [1.82, 2.24) is 15.1 Å². The van der Waals surface area contributed by atoms with Gasteiger partial charge in [0, 0.05) is 29.9 Å². The molecule has 1 N–H and O–H groups in total. The summed E-state index contributed by atoms with van der Waals surface area (Å²) in [5.74, 6) is 0.109. The number of ether oxygens (including phenoxy) is 3. The van der Waals surface area contributed by atoms with Crippen LogP contribution in [0.2, 0.25) is 0 Å². The van der Waals surface area contributed by atoms with E-state index in [1.807, 2.05) is 48.7 Å². The Morgan fingerprint density at radius 2 is 1.85 bits per heavy atom. The van der Waals surface area contributed by atoms with Crippen molar-refractivity contribution in [3.8, 4) is 28.4 Å². The zero-order valence-corrected chi connectivity index (χ0v) is 19.4. The summed E-state index contributed by atoms with van der Waals surface area (Å²) in [5.41, 5.74) is 2.94. The fourth-order valence-corrected chi connectivity index (χ4v) is 3.17. The van der Waals surface area contributed by atoms with Crippen molar-refractivity contribution < 1.29 is 23.8 Å². The van der Waals surface area contributed by atoms with Crippen LogP contribution in [0, 0.1) is 0 Å². The maximum atomic E-state index is 12.3. The Labute approximate surface area is 198 Å². The molecule has 2 aromatic carbocycles. The summed E-state index contributed by atoms with van der Waals surface area (Å²) in [4.78, 5) is 24.3. The number of aromatic nitrogens is 2. The number of hydrogen-bond acceptors (Lipinski definition) is 6. The average Bonchev–Trinajstić information content (AvgIpc) is 3.30. The van der Waals surface area contributed by atoms with E-state index in [9.17, 15) is 9.59 Å². The smallest absolute Gasteiger partial charge is 0.331 e. The van der Waals surface area contributed by atoms with Gasteiger partial charge in [0.25, 0.3) is 5.91 Å². The number of nitrogens with zero attached hydrogens (tertiary/aromatic N) is 2. The number of para-hydroxylation sites is 1. The van der Waals surface area contributed by atoms with Crippen LogP contribution in [0.25, 0.3) is 23.0 Å². The van der Waals surface area contributed by atoms with E-state index in [0.29, 0.717) is 29.3 Å². The van der Waals surface area contributed by atoms with Gasteiger partial charge in [-0.05, 0) is 43.3 Å². The molecule has 1 amide bonds. The largest absolute Gasteiger partial charge is 0.493 e. The van der Waals surface area contributed by atoms with E-state index >= 15 is 0 Å². The fraction of sp³-hybridized carbons (Fsp3) is 0.192. The SMILES string of the molecule is C=CCNC(=O)C(C)OC(=O)/C=C/c1cn(-c2ccccc2)nc1-c1ccc(OC)c(OC)c1. The molecule has 3 rings (SSSR count). The lowest BCUT2D eigenvalue weighted by molar-refractivity contribution is -0.150. The number of hydrogen-bond donors (Lipinski definition) is 1. The number of amides is 1. The highest BCUT2D eigenvalue weighted by atomic mass is 16.5. The molecule has 1 atom stereocenters. The van der Waals surface area contributed by atoms with Crippen LogP contribution in [0.1, 0.15) is 12.5 Å². The van der Waals surface area contributed by atoms with E-state index in [1.165, 1.54) is 13.0 Å². The summed E-state index contributed by atoms with van der Waals surface area (Å²) >= 11 is 0. The first kappa shape index (κ1) is 24.3. The molecule has 0 saturated carbocycles. The Morgan fingerprint density at radius 1 is 1.12 bits per heavy atom. The molecule has 0 radical (unpaired) electrons. The van der Waals surface area contributed by atoms with Crippen molar-refractivity contribution in [2.45, 2.75) is 13.0 Å². The normalized spacial score (nSPS) is 11.6. The highest BCUT2D eigenvalue weighted by Gasteiger charge is 2.17. The van der Waals surface area contributed by atoms with Crippen LogP contribution < -0.4 is 14.8 Å². The highest BCUT2D eigenvalue weighted by Crippen LogP contribution is 2.33. The Hall–Kier alpha value is -4.33. The second-order valence-electron chi connectivity index (χ2n) is 7.23. The Kier molecular flexibility index (Phi) is 8.23. The first-order valence-corrected chi connectivity index (χ1v) is 10.6. The number of methoxy groups -OCH3 is 2. The van der Waals surface area contributed by atoms with E-state index in [4.69, 9.17) is 19.3 Å². The van der Waals surface area contributed by atoms with E-state index in [0.717, 1.165) is 11.3 Å². The lowest BCUT2D eigenvalue weighted by Crippen LogP contribution is -2.35. The van der Waals surface area contributed by atoms with Gasteiger partial charge in [-0.1, -0.05) is 24.3 Å². The lowest BCUT2D eigenvalue weighted by atomic mass is 10.1. The van der Waals surface area contributed by atoms with Gasteiger partial charge in [0.15, 0.2) is 17.6 Å². The number of carbonyl (C=O) groups is 2. The van der Waals surface area contributed by atoms with Gasteiger partial charge in [-0.25, -0.2) is 9.48 Å². The van der Waals surface area contributed by atoms with Gasteiger partial charge < -0.3 is 19.5 Å². The third-order valence-corrected chi connectivity index (χ3v) is 4.90. The van der Waals surface area contributed by atoms with Crippen molar-refractivity contribution in [2.24, 2.45) is 0 Å². The summed E-state index contributed by atoms with van der Waals surface area (Å²) in [6, 6.07) is 15.1. The molecule has 1 heterocycles. The molecule has 0 aliphatic rings. The predicted molar refractivity (Wildman–Crippen MR) is 130 cm³/mol. The van der Waals surface area contributed by atoms with E-state index in [2.05, 4.69) is 11.9 Å². The van der Waals surface area contributed by atoms with Gasteiger partial charge in [-0.3, -0.25) is 4.79 Å². The third kappa shape index (κ3) is 5.92. The molecule has 176 valence electrons. The molecule has 1 aromatic heterocycles. The Balaban J connectivity index is 1.91. The summed E-state index contributed by atoms with van der Waals surface area (Å²) in [6.07, 6.45) is 5.30. The summed E-state index contributed by atoms with van der Waals surface area (Å²) in [7, 11) is 3.13. The first-order valence-electron chi connectivity index (χ1n) is 10.6. The molecule has 3 aromatic rings. The molecular formula is C26H27N3O5. The molecule has 0 saturated heterocycles. The van der Waals surface area contributed by atoms with Crippen molar-refractivity contribution >= 4 is 18.0 Å². The molecule has 0 aliphatic heterocycles. The van der Waals surface area contributed by atoms with Crippen LogP contribution >= 0.6 is 0 Å². The monoisotopic (exact) mass is 461 g/mol. The lowest BCUT2D eigenvalue weighted by Gasteiger charge is -2.11. The van der Waals surface area contributed by atoms with Crippen molar-refractivity contribution in [1.29, 1.82) is 0 Å². The Bertz CT molecular complexity index is 1180. The molecule has 0 bridgehead atoms. The molecule has 0 spiro atoms. The van der Waals surface area contributed by atoms with Crippen molar-refractivity contribution in [3.05, 3.63) is 79.0 Å². The summed E-state index contributed by atoms with van der Waals surface area (Å²) in [5, 5.41) is 7.32. The van der Waals surface area contributed by atoms with Gasteiger partial charge in [-0.15, -0.1) is 6.58 Å². The summed E-state index contributed by atoms with van der Waals surface area (Å²) in [6.45, 7) is 5.34. The predicted octanol–water partition coefficient (Wildman–Crippen LogP) is 3.80. The Morgan fingerprint density at radius 3 is 2.53 bits per heavy atom. The van der Waals surface area contributed by atoms with Gasteiger partial charge in [0.2, 0.25) is 0 Å². The van der Waals surface area contributed by atoms with Crippen LogP contribution in [0.15, 0.2) is 73.5 Å². The number of carbonyl (C=O) groups excluding carboxylic acids is 2. The van der Waals surface area contributed by atoms with Crippen LogP contribution in [0.4, 0.5) is 0 Å². The number of nitrogens with one attached hydrogen (secondary N) is 1. The maximum absolute atomic E-state index is 12.3. The minimum atomic E-state index is -0.936.